The van der Waals surface area contributed by atoms with Crippen molar-refractivity contribution in [3.8, 4) is 0 Å². The maximum Gasteiger partial charge on any atom is 0.239 e. The molecule has 0 radical (unpaired) electrons. The van der Waals surface area contributed by atoms with Crippen LogP contribution in [0.4, 0.5) is 5.69 Å². The van der Waals surface area contributed by atoms with Gasteiger partial charge in [0, 0.05) is 49.8 Å². The van der Waals surface area contributed by atoms with E-state index in [4.69, 9.17) is 0 Å². The fourth-order valence-corrected chi connectivity index (χ4v) is 4.23. The number of nitrogens with one attached hydrogen (secondary N) is 1. The molecule has 27 heavy (non-hydrogen) atoms. The molecule has 0 unspecified atom stereocenters. The number of aryl methyl sites for hydroxylation is 1. The largest absolute Gasteiger partial charge is 0.370 e. The molecule has 142 valence electrons. The standard InChI is InChI=1S/C22H28N4O/c1-17-16-19(10-11-23-17)25-12-5-13-26(15-14-25)22(27)21-9-8-20(24-21)18-6-3-2-4-7-18/h2-4,6-7,10-11,16,20-21,24H,5,8-9,12-15H2,1H3/t20-,21-/m1/s1. The van der Waals surface area contributed by atoms with Crippen LogP contribution in [-0.2, 0) is 4.79 Å². The van der Waals surface area contributed by atoms with Crippen molar-refractivity contribution in [1.82, 2.24) is 15.2 Å². The third kappa shape index (κ3) is 4.14. The van der Waals surface area contributed by atoms with Gasteiger partial charge in [0.2, 0.25) is 5.91 Å². The Morgan fingerprint density at radius 3 is 2.74 bits per heavy atom. The average molecular weight is 364 g/mol. The number of hydrogen-bond donors (Lipinski definition) is 1. The fraction of sp³-hybridized carbons (Fsp3) is 0.455. The average Bonchev–Trinajstić information content (AvgIpc) is 3.06. The predicted molar refractivity (Wildman–Crippen MR) is 108 cm³/mol. The molecular formula is C22H28N4O. The van der Waals surface area contributed by atoms with E-state index in [0.29, 0.717) is 6.04 Å². The number of carbonyl (C=O) groups excluding carboxylic acids is 1. The summed E-state index contributed by atoms with van der Waals surface area (Å²) in [5.41, 5.74) is 3.52. The van der Waals surface area contributed by atoms with Gasteiger partial charge in [-0.3, -0.25) is 15.1 Å². The summed E-state index contributed by atoms with van der Waals surface area (Å²) >= 11 is 0. The van der Waals surface area contributed by atoms with E-state index in [1.165, 1.54) is 11.3 Å². The lowest BCUT2D eigenvalue weighted by molar-refractivity contribution is -0.132. The molecule has 0 aliphatic carbocycles. The topological polar surface area (TPSA) is 48.5 Å². The summed E-state index contributed by atoms with van der Waals surface area (Å²) < 4.78 is 0. The third-order valence-corrected chi connectivity index (χ3v) is 5.70. The molecule has 1 N–H and O–H groups in total. The van der Waals surface area contributed by atoms with Crippen molar-refractivity contribution < 1.29 is 4.79 Å². The Kier molecular flexibility index (Phi) is 5.39. The number of nitrogens with zero attached hydrogens (tertiary/aromatic N) is 3. The Labute approximate surface area is 161 Å². The zero-order valence-electron chi connectivity index (χ0n) is 16.0. The van der Waals surface area contributed by atoms with E-state index < -0.39 is 0 Å². The van der Waals surface area contributed by atoms with Crippen molar-refractivity contribution in [2.24, 2.45) is 0 Å². The highest BCUT2D eigenvalue weighted by Gasteiger charge is 2.33. The zero-order chi connectivity index (χ0) is 18.6. The maximum absolute atomic E-state index is 13.1. The summed E-state index contributed by atoms with van der Waals surface area (Å²) in [7, 11) is 0. The Bertz CT molecular complexity index is 779. The summed E-state index contributed by atoms with van der Waals surface area (Å²) in [6.45, 7) is 5.51. The molecule has 5 nitrogen and oxygen atoms in total. The van der Waals surface area contributed by atoms with Crippen LogP contribution in [0, 0.1) is 6.92 Å². The quantitative estimate of drug-likeness (QED) is 0.910. The molecule has 0 bridgehead atoms. The number of amides is 1. The molecular weight excluding hydrogens is 336 g/mol. The van der Waals surface area contributed by atoms with E-state index in [1.807, 2.05) is 19.2 Å². The smallest absolute Gasteiger partial charge is 0.239 e. The van der Waals surface area contributed by atoms with Crippen molar-refractivity contribution in [2.75, 3.05) is 31.1 Å². The van der Waals surface area contributed by atoms with Crippen molar-refractivity contribution >= 4 is 11.6 Å². The first kappa shape index (κ1) is 18.0. The molecule has 2 aliphatic heterocycles. The predicted octanol–water partition coefficient (Wildman–Crippen LogP) is 2.92. The normalized spacial score (nSPS) is 23.3. The zero-order valence-corrected chi connectivity index (χ0v) is 16.0. The van der Waals surface area contributed by atoms with Crippen LogP contribution >= 0.6 is 0 Å². The van der Waals surface area contributed by atoms with Gasteiger partial charge < -0.3 is 9.80 Å². The molecule has 4 rings (SSSR count). The molecule has 3 heterocycles. The molecule has 1 aromatic carbocycles. The highest BCUT2D eigenvalue weighted by Crippen LogP contribution is 2.27. The molecule has 0 spiro atoms. The van der Waals surface area contributed by atoms with Crippen LogP contribution in [0.3, 0.4) is 0 Å². The number of rotatable bonds is 3. The molecule has 0 saturated carbocycles. The lowest BCUT2D eigenvalue weighted by atomic mass is 10.1. The minimum atomic E-state index is -0.0510. The Balaban J connectivity index is 1.36. The van der Waals surface area contributed by atoms with Crippen LogP contribution in [0.1, 0.15) is 36.6 Å². The second kappa shape index (κ2) is 8.09. The van der Waals surface area contributed by atoms with Gasteiger partial charge in [0.25, 0.3) is 0 Å². The molecule has 1 aromatic heterocycles. The van der Waals surface area contributed by atoms with Crippen LogP contribution in [0.15, 0.2) is 48.7 Å². The molecule has 2 fully saturated rings. The number of anilines is 1. The van der Waals surface area contributed by atoms with Gasteiger partial charge in [-0.15, -0.1) is 0 Å². The van der Waals surface area contributed by atoms with Crippen LogP contribution in [0.2, 0.25) is 0 Å². The first-order valence-corrected chi connectivity index (χ1v) is 9.98. The van der Waals surface area contributed by atoms with Crippen molar-refractivity contribution in [3.05, 3.63) is 59.9 Å². The SMILES string of the molecule is Cc1cc(N2CCCN(C(=O)[C@H]3CC[C@H](c4ccccc4)N3)CC2)ccn1. The molecule has 2 atom stereocenters. The van der Waals surface area contributed by atoms with E-state index in [0.717, 1.165) is 51.1 Å². The van der Waals surface area contributed by atoms with Crippen molar-refractivity contribution in [3.63, 3.8) is 0 Å². The molecule has 2 saturated heterocycles. The van der Waals surface area contributed by atoms with Gasteiger partial charge in [-0.2, -0.15) is 0 Å². The minimum Gasteiger partial charge on any atom is -0.370 e. The van der Waals surface area contributed by atoms with Gasteiger partial charge in [-0.25, -0.2) is 0 Å². The van der Waals surface area contributed by atoms with E-state index in [1.54, 1.807) is 0 Å². The van der Waals surface area contributed by atoms with Crippen LogP contribution < -0.4 is 10.2 Å². The van der Waals surface area contributed by atoms with Crippen molar-refractivity contribution in [1.29, 1.82) is 0 Å². The lowest BCUT2D eigenvalue weighted by Gasteiger charge is -2.26. The van der Waals surface area contributed by atoms with Gasteiger partial charge in [-0.05, 0) is 43.9 Å². The van der Waals surface area contributed by atoms with Crippen LogP contribution in [0.5, 0.6) is 0 Å². The number of hydrogen-bond acceptors (Lipinski definition) is 4. The number of aromatic nitrogens is 1. The van der Waals surface area contributed by atoms with E-state index in [9.17, 15) is 4.79 Å². The molecule has 2 aliphatic rings. The maximum atomic E-state index is 13.1. The number of pyridine rings is 1. The molecule has 1 amide bonds. The lowest BCUT2D eigenvalue weighted by Crippen LogP contribution is -2.45. The number of carbonyl (C=O) groups is 1. The Morgan fingerprint density at radius 1 is 1.07 bits per heavy atom. The van der Waals surface area contributed by atoms with E-state index in [-0.39, 0.29) is 11.9 Å². The third-order valence-electron chi connectivity index (χ3n) is 5.70. The molecule has 2 aromatic rings. The summed E-state index contributed by atoms with van der Waals surface area (Å²) in [5.74, 6) is 0.265. The van der Waals surface area contributed by atoms with Gasteiger partial charge in [0.1, 0.15) is 0 Å². The summed E-state index contributed by atoms with van der Waals surface area (Å²) in [5, 5.41) is 3.56. The van der Waals surface area contributed by atoms with Gasteiger partial charge in [0.15, 0.2) is 0 Å². The Morgan fingerprint density at radius 2 is 1.93 bits per heavy atom. The number of benzene rings is 1. The minimum absolute atomic E-state index is 0.0510. The van der Waals surface area contributed by atoms with E-state index in [2.05, 4.69) is 56.5 Å². The highest BCUT2D eigenvalue weighted by molar-refractivity contribution is 5.82. The second-order valence-corrected chi connectivity index (χ2v) is 7.58. The van der Waals surface area contributed by atoms with Crippen LogP contribution in [0.25, 0.3) is 0 Å². The second-order valence-electron chi connectivity index (χ2n) is 7.58. The first-order chi connectivity index (χ1) is 13.2. The fourth-order valence-electron chi connectivity index (χ4n) is 4.23. The van der Waals surface area contributed by atoms with Crippen molar-refractivity contribution in [2.45, 2.75) is 38.3 Å². The van der Waals surface area contributed by atoms with Gasteiger partial charge >= 0.3 is 0 Å². The first-order valence-electron chi connectivity index (χ1n) is 9.98. The summed E-state index contributed by atoms with van der Waals surface area (Å²) in [6.07, 6.45) is 4.81. The molecule has 5 heteroatoms. The van der Waals surface area contributed by atoms with E-state index >= 15 is 0 Å². The highest BCUT2D eigenvalue weighted by atomic mass is 16.2. The van der Waals surface area contributed by atoms with Crippen LogP contribution in [-0.4, -0.2) is 48.0 Å². The van der Waals surface area contributed by atoms with Gasteiger partial charge in [0.05, 0.1) is 6.04 Å². The summed E-state index contributed by atoms with van der Waals surface area (Å²) in [6, 6.07) is 14.9. The monoisotopic (exact) mass is 364 g/mol. The van der Waals surface area contributed by atoms with Gasteiger partial charge in [-0.1, -0.05) is 30.3 Å². The Hall–Kier alpha value is -2.40. The summed E-state index contributed by atoms with van der Waals surface area (Å²) in [4.78, 5) is 21.8.